The van der Waals surface area contributed by atoms with Gasteiger partial charge in [-0.15, -0.1) is 11.6 Å². The van der Waals surface area contributed by atoms with Gasteiger partial charge in [-0.3, -0.25) is 4.79 Å². The molecular weight excluding hydrogens is 524 g/mol. The van der Waals surface area contributed by atoms with Gasteiger partial charge in [-0.05, 0) is 111 Å². The van der Waals surface area contributed by atoms with E-state index in [1.165, 1.54) is 18.1 Å². The van der Waals surface area contributed by atoms with Crippen molar-refractivity contribution in [3.05, 3.63) is 59.7 Å². The van der Waals surface area contributed by atoms with Gasteiger partial charge in [0.15, 0.2) is 6.29 Å². The first kappa shape index (κ1) is 29.3. The molecule has 0 N–H and O–H groups in total. The maximum Gasteiger partial charge on any atom is 0.302 e. The van der Waals surface area contributed by atoms with Crippen LogP contribution >= 0.6 is 11.6 Å². The average molecular weight is 569 g/mol. The van der Waals surface area contributed by atoms with Crippen molar-refractivity contribution in [2.75, 3.05) is 19.1 Å². The monoisotopic (exact) mass is 568 g/mol. The molecule has 0 radical (unpaired) electrons. The number of unbranched alkanes of at least 4 members (excludes halogenated alkanes) is 2. The lowest BCUT2D eigenvalue weighted by Crippen LogP contribution is -2.42. The molecule has 0 bridgehead atoms. The molecule has 1 heterocycles. The minimum Gasteiger partial charge on any atom is -0.494 e. The molecule has 6 heteroatoms. The number of carbonyl (C=O) groups is 1. The topological polar surface area (TPSA) is 54.0 Å². The second-order valence-electron chi connectivity index (χ2n) is 12.2. The second-order valence-corrected chi connectivity index (χ2v) is 12.6. The molecule has 5 rings (SSSR count). The van der Waals surface area contributed by atoms with E-state index in [0.717, 1.165) is 82.3 Å². The zero-order chi connectivity index (χ0) is 28.0. The molecule has 218 valence electrons. The smallest absolute Gasteiger partial charge is 0.302 e. The molecule has 2 saturated carbocycles. The van der Waals surface area contributed by atoms with Crippen molar-refractivity contribution in [3.63, 3.8) is 0 Å². The molecule has 2 aliphatic carbocycles. The summed E-state index contributed by atoms with van der Waals surface area (Å²) in [7, 11) is 0. The first-order valence-electron chi connectivity index (χ1n) is 15.3. The van der Waals surface area contributed by atoms with Crippen molar-refractivity contribution < 1.29 is 23.7 Å². The molecule has 2 aromatic rings. The molecule has 1 aliphatic heterocycles. The highest BCUT2D eigenvalue weighted by Crippen LogP contribution is 2.61. The molecule has 0 amide bonds. The summed E-state index contributed by atoms with van der Waals surface area (Å²) in [6, 6.07) is 17.4. The lowest BCUT2D eigenvalue weighted by atomic mass is 9.58. The summed E-state index contributed by atoms with van der Waals surface area (Å²) >= 11 is 5.79. The predicted octanol–water partition coefficient (Wildman–Crippen LogP) is 8.39. The summed E-state index contributed by atoms with van der Waals surface area (Å²) in [5.74, 6) is 3.56. The van der Waals surface area contributed by atoms with Crippen LogP contribution in [0.3, 0.4) is 0 Å². The number of benzene rings is 2. The Morgan fingerprint density at radius 1 is 0.925 bits per heavy atom. The zero-order valence-corrected chi connectivity index (χ0v) is 24.9. The SMILES string of the molecule is CC(=O)O[C@H]1CC[C@H]2C[C@@H](c3ccc(OC4CCCCO4)cc3)[C@@H](c3ccc(OCCCCCCl)cc3)C[C@@]21C. The molecule has 3 fully saturated rings. The standard InChI is InChI=1S/C34H45ClO5/c1-24(36)39-32-18-13-27-22-30(25-11-16-29(17-12-25)40-33-8-4-7-21-38-33)31(23-34(27,32)2)26-9-14-28(15-10-26)37-20-6-3-5-19-35/h9-12,14-17,27,30-33H,3-8,13,18-23H2,1-2H3/t27-,30-,31+,32-,33?,34-/m0/s1. The second kappa shape index (κ2) is 13.6. The van der Waals surface area contributed by atoms with Gasteiger partial charge >= 0.3 is 5.97 Å². The molecule has 3 aliphatic rings. The number of halogens is 1. The van der Waals surface area contributed by atoms with E-state index in [4.69, 9.17) is 30.5 Å². The quantitative estimate of drug-likeness (QED) is 0.155. The number of hydrogen-bond donors (Lipinski definition) is 0. The van der Waals surface area contributed by atoms with Gasteiger partial charge in [-0.25, -0.2) is 0 Å². The van der Waals surface area contributed by atoms with E-state index in [2.05, 4.69) is 55.5 Å². The van der Waals surface area contributed by atoms with Crippen LogP contribution in [0, 0.1) is 11.3 Å². The van der Waals surface area contributed by atoms with Crippen molar-refractivity contribution in [1.29, 1.82) is 0 Å². The third-order valence-corrected chi connectivity index (χ3v) is 9.77. The Kier molecular flexibility index (Phi) is 9.96. The van der Waals surface area contributed by atoms with E-state index in [-0.39, 0.29) is 23.8 Å². The molecule has 5 nitrogen and oxygen atoms in total. The van der Waals surface area contributed by atoms with Gasteiger partial charge in [0.25, 0.3) is 0 Å². The lowest BCUT2D eigenvalue weighted by Gasteiger charge is -2.47. The maximum atomic E-state index is 11.9. The maximum absolute atomic E-state index is 11.9. The Balaban J connectivity index is 1.34. The number of fused-ring (bicyclic) bond motifs is 1. The van der Waals surface area contributed by atoms with Crippen molar-refractivity contribution in [3.8, 4) is 11.5 Å². The first-order valence-corrected chi connectivity index (χ1v) is 15.8. The van der Waals surface area contributed by atoms with Gasteiger partial charge in [0.1, 0.15) is 17.6 Å². The van der Waals surface area contributed by atoms with E-state index < -0.39 is 0 Å². The van der Waals surface area contributed by atoms with Crippen LogP contribution in [-0.4, -0.2) is 37.5 Å². The van der Waals surface area contributed by atoms with Crippen LogP contribution in [0.1, 0.15) is 101 Å². The van der Waals surface area contributed by atoms with Gasteiger partial charge < -0.3 is 18.9 Å². The summed E-state index contributed by atoms with van der Waals surface area (Å²) < 4.78 is 23.8. The largest absolute Gasteiger partial charge is 0.494 e. The minimum atomic E-state index is -0.171. The van der Waals surface area contributed by atoms with Gasteiger partial charge in [0, 0.05) is 24.6 Å². The van der Waals surface area contributed by atoms with Gasteiger partial charge in [0.2, 0.25) is 0 Å². The van der Waals surface area contributed by atoms with Gasteiger partial charge in [0.05, 0.1) is 13.2 Å². The highest BCUT2D eigenvalue weighted by Gasteiger charge is 2.54. The highest BCUT2D eigenvalue weighted by atomic mass is 35.5. The van der Waals surface area contributed by atoms with Crippen molar-refractivity contribution in [1.82, 2.24) is 0 Å². The summed E-state index contributed by atoms with van der Waals surface area (Å²) in [6.07, 6.45) is 10.3. The molecule has 0 spiro atoms. The molecular formula is C34H45ClO5. The van der Waals surface area contributed by atoms with Crippen molar-refractivity contribution in [2.24, 2.45) is 11.3 Å². The van der Waals surface area contributed by atoms with Crippen LogP contribution in [-0.2, 0) is 14.3 Å². The van der Waals surface area contributed by atoms with Crippen LogP contribution in [0.25, 0.3) is 0 Å². The van der Waals surface area contributed by atoms with E-state index in [1.54, 1.807) is 0 Å². The highest BCUT2D eigenvalue weighted by molar-refractivity contribution is 6.17. The zero-order valence-electron chi connectivity index (χ0n) is 24.1. The number of esters is 1. The first-order chi connectivity index (χ1) is 19.5. The Hall–Kier alpha value is -2.24. The van der Waals surface area contributed by atoms with Crippen LogP contribution in [0.15, 0.2) is 48.5 Å². The number of carbonyl (C=O) groups excluding carboxylic acids is 1. The molecule has 6 atom stereocenters. The van der Waals surface area contributed by atoms with Gasteiger partial charge in [-0.2, -0.15) is 0 Å². The van der Waals surface area contributed by atoms with E-state index in [1.807, 2.05) is 0 Å². The third kappa shape index (κ3) is 6.97. The summed E-state index contributed by atoms with van der Waals surface area (Å²) in [6.45, 7) is 5.38. The number of alkyl halides is 1. The molecule has 2 aromatic carbocycles. The summed E-state index contributed by atoms with van der Waals surface area (Å²) in [5.41, 5.74) is 2.65. The lowest BCUT2D eigenvalue weighted by molar-refractivity contribution is -0.153. The Morgan fingerprint density at radius 3 is 2.33 bits per heavy atom. The summed E-state index contributed by atoms with van der Waals surface area (Å²) in [5, 5.41) is 0. The minimum absolute atomic E-state index is 0.0136. The molecule has 0 aromatic heterocycles. The molecule has 1 saturated heterocycles. The fourth-order valence-corrected chi connectivity index (χ4v) is 7.47. The van der Waals surface area contributed by atoms with Crippen molar-refractivity contribution in [2.45, 2.75) is 102 Å². The normalized spacial score (nSPS) is 29.9. The van der Waals surface area contributed by atoms with E-state index in [0.29, 0.717) is 30.2 Å². The summed E-state index contributed by atoms with van der Waals surface area (Å²) in [4.78, 5) is 11.9. The van der Waals surface area contributed by atoms with Crippen LogP contribution < -0.4 is 9.47 Å². The Bertz CT molecular complexity index is 1080. The fourth-order valence-electron chi connectivity index (χ4n) is 7.28. The number of rotatable bonds is 11. The Labute approximate surface area is 244 Å². The average Bonchev–Trinajstić information content (AvgIpc) is 3.28. The number of hydrogen-bond acceptors (Lipinski definition) is 5. The van der Waals surface area contributed by atoms with Crippen LogP contribution in [0.4, 0.5) is 0 Å². The Morgan fingerprint density at radius 2 is 1.65 bits per heavy atom. The van der Waals surface area contributed by atoms with Crippen molar-refractivity contribution >= 4 is 17.6 Å². The van der Waals surface area contributed by atoms with Crippen LogP contribution in [0.2, 0.25) is 0 Å². The third-order valence-electron chi connectivity index (χ3n) is 9.51. The molecule has 1 unspecified atom stereocenters. The van der Waals surface area contributed by atoms with Gasteiger partial charge in [-0.1, -0.05) is 31.2 Å². The number of ether oxygens (including phenoxy) is 4. The van der Waals surface area contributed by atoms with Crippen LogP contribution in [0.5, 0.6) is 11.5 Å². The molecule has 40 heavy (non-hydrogen) atoms. The predicted molar refractivity (Wildman–Crippen MR) is 158 cm³/mol. The fraction of sp³-hybridized carbons (Fsp3) is 0.618. The van der Waals surface area contributed by atoms with E-state index >= 15 is 0 Å². The van der Waals surface area contributed by atoms with E-state index in [9.17, 15) is 4.79 Å².